The Bertz CT molecular complexity index is 895. The van der Waals surface area contributed by atoms with Gasteiger partial charge in [-0.2, -0.15) is 0 Å². The summed E-state index contributed by atoms with van der Waals surface area (Å²) in [6.07, 6.45) is 0.974. The average molecular weight is 343 g/mol. The summed E-state index contributed by atoms with van der Waals surface area (Å²) in [5.41, 5.74) is 1.27. The zero-order chi connectivity index (χ0) is 17.1. The Hall–Kier alpha value is -2.26. The summed E-state index contributed by atoms with van der Waals surface area (Å²) in [4.78, 5) is 12.4. The lowest BCUT2D eigenvalue weighted by Crippen LogP contribution is -2.03. The van der Waals surface area contributed by atoms with Gasteiger partial charge in [0.15, 0.2) is 5.43 Å². The normalized spacial score (nSPS) is 11.2. The van der Waals surface area contributed by atoms with Crippen molar-refractivity contribution in [3.63, 3.8) is 0 Å². The first-order valence-electron chi connectivity index (χ1n) is 7.99. The molecule has 0 radical (unpaired) electrons. The van der Waals surface area contributed by atoms with Crippen LogP contribution in [0.15, 0.2) is 57.7 Å². The van der Waals surface area contributed by atoms with Gasteiger partial charge >= 0.3 is 0 Å². The van der Waals surface area contributed by atoms with Gasteiger partial charge < -0.3 is 9.15 Å². The van der Waals surface area contributed by atoms with Gasteiger partial charge in [0.1, 0.15) is 17.1 Å². The van der Waals surface area contributed by atoms with Crippen LogP contribution >= 0.6 is 11.6 Å². The molecule has 4 heteroatoms. The lowest BCUT2D eigenvalue weighted by atomic mass is 10.1. The van der Waals surface area contributed by atoms with Gasteiger partial charge in [0.05, 0.1) is 12.0 Å². The van der Waals surface area contributed by atoms with Gasteiger partial charge in [-0.1, -0.05) is 25.4 Å². The molecule has 1 heterocycles. The molecule has 0 saturated heterocycles. The summed E-state index contributed by atoms with van der Waals surface area (Å²) >= 11 is 5.90. The van der Waals surface area contributed by atoms with Crippen molar-refractivity contribution in [3.05, 3.63) is 63.8 Å². The third-order valence-corrected chi connectivity index (χ3v) is 4.04. The zero-order valence-corrected chi connectivity index (χ0v) is 14.5. The summed E-state index contributed by atoms with van der Waals surface area (Å²) < 4.78 is 11.6. The minimum atomic E-state index is -0.0875. The minimum absolute atomic E-state index is 0.0875. The van der Waals surface area contributed by atoms with E-state index in [9.17, 15) is 4.79 Å². The van der Waals surface area contributed by atoms with Crippen molar-refractivity contribution >= 4 is 22.6 Å². The lowest BCUT2D eigenvalue weighted by molar-refractivity contribution is 0.290. The first-order chi connectivity index (χ1) is 11.5. The molecule has 0 bridgehead atoms. The number of halogens is 1. The number of hydrogen-bond acceptors (Lipinski definition) is 3. The molecule has 0 spiro atoms. The van der Waals surface area contributed by atoms with Crippen molar-refractivity contribution in [2.24, 2.45) is 5.92 Å². The predicted molar refractivity (Wildman–Crippen MR) is 97.9 cm³/mol. The fourth-order valence-electron chi connectivity index (χ4n) is 2.39. The molecule has 2 aromatic carbocycles. The summed E-state index contributed by atoms with van der Waals surface area (Å²) in [7, 11) is 0. The molecule has 3 rings (SSSR count). The van der Waals surface area contributed by atoms with E-state index < -0.39 is 0 Å². The van der Waals surface area contributed by atoms with Crippen molar-refractivity contribution < 1.29 is 9.15 Å². The molecule has 0 amide bonds. The molecule has 1 aromatic heterocycles. The van der Waals surface area contributed by atoms with Gasteiger partial charge in [0, 0.05) is 16.7 Å². The Labute approximate surface area is 145 Å². The molecule has 0 aliphatic carbocycles. The van der Waals surface area contributed by atoms with Crippen molar-refractivity contribution in [2.45, 2.75) is 20.3 Å². The molecule has 3 aromatic rings. The van der Waals surface area contributed by atoms with Crippen LogP contribution in [0.4, 0.5) is 0 Å². The van der Waals surface area contributed by atoms with Crippen LogP contribution in [0.2, 0.25) is 5.02 Å². The van der Waals surface area contributed by atoms with Gasteiger partial charge in [-0.15, -0.1) is 0 Å². The molecule has 0 aliphatic rings. The summed E-state index contributed by atoms with van der Waals surface area (Å²) in [6, 6.07) is 14.1. The van der Waals surface area contributed by atoms with Gasteiger partial charge in [-0.05, 0) is 54.8 Å². The molecule has 0 unspecified atom stereocenters. The number of hydrogen-bond donors (Lipinski definition) is 0. The second kappa shape index (κ2) is 7.10. The molecule has 0 N–H and O–H groups in total. The zero-order valence-electron chi connectivity index (χ0n) is 13.7. The van der Waals surface area contributed by atoms with Gasteiger partial charge in [-0.3, -0.25) is 4.79 Å². The summed E-state index contributed by atoms with van der Waals surface area (Å²) in [5, 5.41) is 1.17. The van der Waals surface area contributed by atoms with Crippen LogP contribution < -0.4 is 10.2 Å². The Kier molecular flexibility index (Phi) is 4.91. The average Bonchev–Trinajstić information content (AvgIpc) is 2.55. The SMILES string of the molecule is CC(C)CCOc1ccc2oc(-c3ccc(Cl)cc3)cc(=O)c2c1. The van der Waals surface area contributed by atoms with Crippen molar-refractivity contribution in [2.75, 3.05) is 6.61 Å². The highest BCUT2D eigenvalue weighted by atomic mass is 35.5. The predicted octanol–water partition coefficient (Wildman–Crippen LogP) is 5.54. The minimum Gasteiger partial charge on any atom is -0.494 e. The Morgan fingerprint density at radius 2 is 1.83 bits per heavy atom. The molecule has 0 aliphatic heterocycles. The van der Waals surface area contributed by atoms with Gasteiger partial charge in [-0.25, -0.2) is 0 Å². The van der Waals surface area contributed by atoms with E-state index in [0.717, 1.165) is 12.0 Å². The van der Waals surface area contributed by atoms with Crippen LogP contribution in [0.5, 0.6) is 5.75 Å². The van der Waals surface area contributed by atoms with E-state index in [1.165, 1.54) is 6.07 Å². The monoisotopic (exact) mass is 342 g/mol. The molecule has 24 heavy (non-hydrogen) atoms. The second-order valence-electron chi connectivity index (χ2n) is 6.17. The van der Waals surface area contributed by atoms with E-state index >= 15 is 0 Å². The van der Waals surface area contributed by atoms with Gasteiger partial charge in [0.25, 0.3) is 0 Å². The van der Waals surface area contributed by atoms with E-state index in [2.05, 4.69) is 13.8 Å². The molecule has 0 saturated carbocycles. The number of ether oxygens (including phenoxy) is 1. The summed E-state index contributed by atoms with van der Waals surface area (Å²) in [5.74, 6) is 1.80. The fourth-order valence-corrected chi connectivity index (χ4v) is 2.52. The Morgan fingerprint density at radius 3 is 2.54 bits per heavy atom. The first kappa shape index (κ1) is 16.6. The van der Waals surface area contributed by atoms with Crippen molar-refractivity contribution in [1.82, 2.24) is 0 Å². The number of fused-ring (bicyclic) bond motifs is 1. The Balaban J connectivity index is 1.92. The van der Waals surface area contributed by atoms with Crippen molar-refractivity contribution in [1.29, 1.82) is 0 Å². The van der Waals surface area contributed by atoms with Crippen LogP contribution in [0, 0.1) is 5.92 Å². The summed E-state index contributed by atoms with van der Waals surface area (Å²) in [6.45, 7) is 4.94. The third-order valence-electron chi connectivity index (χ3n) is 3.79. The Morgan fingerprint density at radius 1 is 1.08 bits per heavy atom. The van der Waals surface area contributed by atoms with E-state index in [-0.39, 0.29) is 5.43 Å². The highest BCUT2D eigenvalue weighted by Gasteiger charge is 2.08. The van der Waals surface area contributed by atoms with E-state index in [1.54, 1.807) is 24.3 Å². The van der Waals surface area contributed by atoms with Crippen LogP contribution in [0.3, 0.4) is 0 Å². The molecule has 0 fully saturated rings. The maximum absolute atomic E-state index is 12.4. The maximum Gasteiger partial charge on any atom is 0.193 e. The topological polar surface area (TPSA) is 39.4 Å². The smallest absolute Gasteiger partial charge is 0.193 e. The van der Waals surface area contributed by atoms with E-state index in [4.69, 9.17) is 20.8 Å². The highest BCUT2D eigenvalue weighted by molar-refractivity contribution is 6.30. The number of benzene rings is 2. The molecule has 0 atom stereocenters. The third kappa shape index (κ3) is 3.80. The van der Waals surface area contributed by atoms with E-state index in [0.29, 0.717) is 40.0 Å². The van der Waals surface area contributed by atoms with Crippen molar-refractivity contribution in [3.8, 4) is 17.1 Å². The molecular weight excluding hydrogens is 324 g/mol. The molecular formula is C20H19ClO3. The molecule has 124 valence electrons. The van der Waals surface area contributed by atoms with Crippen LogP contribution in [-0.2, 0) is 0 Å². The standard InChI is InChI=1S/C20H19ClO3/c1-13(2)9-10-23-16-7-8-19-17(11-16)18(22)12-20(24-19)14-3-5-15(21)6-4-14/h3-8,11-13H,9-10H2,1-2H3. The van der Waals surface area contributed by atoms with Gasteiger partial charge in [0.2, 0.25) is 0 Å². The lowest BCUT2D eigenvalue weighted by Gasteiger charge is -2.09. The fraction of sp³-hybridized carbons (Fsp3) is 0.250. The first-order valence-corrected chi connectivity index (χ1v) is 8.37. The second-order valence-corrected chi connectivity index (χ2v) is 6.61. The van der Waals surface area contributed by atoms with Crippen LogP contribution in [-0.4, -0.2) is 6.61 Å². The van der Waals surface area contributed by atoms with E-state index in [1.807, 2.05) is 18.2 Å². The largest absolute Gasteiger partial charge is 0.494 e. The quantitative estimate of drug-likeness (QED) is 0.611. The highest BCUT2D eigenvalue weighted by Crippen LogP contribution is 2.25. The van der Waals surface area contributed by atoms with Crippen LogP contribution in [0.1, 0.15) is 20.3 Å². The molecule has 3 nitrogen and oxygen atoms in total. The van der Waals surface area contributed by atoms with Crippen LogP contribution in [0.25, 0.3) is 22.3 Å². The maximum atomic E-state index is 12.4. The number of rotatable bonds is 5.